The van der Waals surface area contributed by atoms with Crippen LogP contribution in [-0.2, 0) is 6.54 Å². The number of hydrogen-bond donors (Lipinski definition) is 1. The third-order valence-electron chi connectivity index (χ3n) is 5.99. The van der Waals surface area contributed by atoms with Crippen LogP contribution in [0.15, 0.2) is 72.9 Å². The van der Waals surface area contributed by atoms with Gasteiger partial charge in [-0.1, -0.05) is 35.9 Å². The first-order valence-corrected chi connectivity index (χ1v) is 12.1. The first-order valence-electron chi connectivity index (χ1n) is 11.7. The van der Waals surface area contributed by atoms with Gasteiger partial charge in [0.2, 0.25) is 0 Å². The maximum absolute atomic E-state index is 13.3. The minimum Gasteiger partial charge on any atom is -0.496 e. The second-order valence-electron chi connectivity index (χ2n) is 8.14. The monoisotopic (exact) mass is 505 g/mol. The molecule has 186 valence electrons. The molecule has 8 heteroatoms. The summed E-state index contributed by atoms with van der Waals surface area (Å²) in [5, 5.41) is 4.39. The van der Waals surface area contributed by atoms with Crippen molar-refractivity contribution in [1.82, 2.24) is 9.47 Å². The molecule has 3 aromatic carbocycles. The van der Waals surface area contributed by atoms with E-state index in [1.165, 1.54) is 7.11 Å². The van der Waals surface area contributed by atoms with Crippen molar-refractivity contribution < 1.29 is 19.1 Å². The van der Waals surface area contributed by atoms with Crippen LogP contribution >= 0.6 is 11.6 Å². The first-order chi connectivity index (χ1) is 17.4. The van der Waals surface area contributed by atoms with Gasteiger partial charge in [-0.3, -0.25) is 4.79 Å². The summed E-state index contributed by atoms with van der Waals surface area (Å²) < 4.78 is 13.2. The highest BCUT2D eigenvalue weighted by atomic mass is 35.5. The summed E-state index contributed by atoms with van der Waals surface area (Å²) in [5.41, 5.74) is 2.74. The third-order valence-corrected chi connectivity index (χ3v) is 6.24. The molecule has 0 bridgehead atoms. The second kappa shape index (κ2) is 11.2. The summed E-state index contributed by atoms with van der Waals surface area (Å²) in [6.45, 7) is 5.40. The third kappa shape index (κ3) is 5.31. The molecular formula is C28H28ClN3O4. The van der Waals surface area contributed by atoms with Crippen LogP contribution in [0.1, 0.15) is 29.8 Å². The molecule has 0 aliphatic heterocycles. The highest BCUT2D eigenvalue weighted by Crippen LogP contribution is 2.36. The van der Waals surface area contributed by atoms with Gasteiger partial charge >= 0.3 is 6.09 Å². The van der Waals surface area contributed by atoms with E-state index in [4.69, 9.17) is 21.1 Å². The van der Waals surface area contributed by atoms with Crippen LogP contribution in [0.5, 0.6) is 11.5 Å². The molecule has 7 nitrogen and oxygen atoms in total. The van der Waals surface area contributed by atoms with Gasteiger partial charge in [0.15, 0.2) is 5.75 Å². The highest BCUT2D eigenvalue weighted by molar-refractivity contribution is 6.30. The molecule has 36 heavy (non-hydrogen) atoms. The fourth-order valence-electron chi connectivity index (χ4n) is 4.04. The maximum atomic E-state index is 13.3. The normalized spacial score (nSPS) is 10.8. The Balaban J connectivity index is 1.75. The van der Waals surface area contributed by atoms with Gasteiger partial charge in [-0.15, -0.1) is 0 Å². The van der Waals surface area contributed by atoms with E-state index in [-0.39, 0.29) is 11.7 Å². The Morgan fingerprint density at radius 3 is 2.36 bits per heavy atom. The van der Waals surface area contributed by atoms with E-state index in [2.05, 4.69) is 9.88 Å². The number of nitrogens with one attached hydrogen (secondary N) is 1. The van der Waals surface area contributed by atoms with Crippen molar-refractivity contribution in [3.05, 3.63) is 89.1 Å². The number of amides is 2. The molecule has 2 amide bonds. The number of methoxy groups -OCH3 is 1. The molecule has 4 rings (SSSR count). The lowest BCUT2D eigenvalue weighted by Crippen LogP contribution is -2.33. The number of hydrogen-bond acceptors (Lipinski definition) is 4. The molecule has 0 spiro atoms. The van der Waals surface area contributed by atoms with Gasteiger partial charge in [0.05, 0.1) is 23.9 Å². The van der Waals surface area contributed by atoms with Crippen LogP contribution in [0.2, 0.25) is 5.02 Å². The molecule has 0 unspecified atom stereocenters. The van der Waals surface area contributed by atoms with E-state index in [0.717, 1.165) is 16.5 Å². The summed E-state index contributed by atoms with van der Waals surface area (Å²) in [7, 11) is 1.51. The van der Waals surface area contributed by atoms with Crippen LogP contribution in [0, 0.1) is 0 Å². The van der Waals surface area contributed by atoms with E-state index in [0.29, 0.717) is 41.7 Å². The van der Waals surface area contributed by atoms with Gasteiger partial charge in [-0.2, -0.15) is 0 Å². The number of carbonyl (C=O) groups excluding carboxylic acids is 2. The van der Waals surface area contributed by atoms with Crippen molar-refractivity contribution in [2.24, 2.45) is 0 Å². The zero-order valence-electron chi connectivity index (χ0n) is 20.5. The zero-order valence-corrected chi connectivity index (χ0v) is 21.2. The van der Waals surface area contributed by atoms with Gasteiger partial charge in [0.25, 0.3) is 5.91 Å². The van der Waals surface area contributed by atoms with Gasteiger partial charge in [0, 0.05) is 36.2 Å². The molecule has 0 atom stereocenters. The fourth-order valence-corrected chi connectivity index (χ4v) is 4.17. The van der Waals surface area contributed by atoms with E-state index in [1.807, 2.05) is 56.4 Å². The van der Waals surface area contributed by atoms with E-state index in [9.17, 15) is 9.59 Å². The molecule has 0 aliphatic carbocycles. The van der Waals surface area contributed by atoms with E-state index < -0.39 is 6.09 Å². The molecule has 1 aromatic heterocycles. The van der Waals surface area contributed by atoms with Crippen molar-refractivity contribution >= 4 is 40.2 Å². The molecule has 0 saturated carbocycles. The average molecular weight is 506 g/mol. The molecule has 1 heterocycles. The number of aromatic nitrogens is 1. The number of benzene rings is 3. The summed E-state index contributed by atoms with van der Waals surface area (Å²) in [5.74, 6) is 0.349. The largest absolute Gasteiger partial charge is 0.496 e. The van der Waals surface area contributed by atoms with E-state index in [1.54, 1.807) is 35.2 Å². The number of ether oxygens (including phenoxy) is 2. The van der Waals surface area contributed by atoms with Crippen LogP contribution in [0.4, 0.5) is 10.5 Å². The Labute approximate surface area is 215 Å². The Kier molecular flexibility index (Phi) is 7.80. The van der Waals surface area contributed by atoms with Crippen molar-refractivity contribution in [2.45, 2.75) is 20.4 Å². The smallest absolute Gasteiger partial charge is 0.415 e. The molecule has 4 aromatic rings. The average Bonchev–Trinajstić information content (AvgIpc) is 3.30. The lowest BCUT2D eigenvalue weighted by Gasteiger charge is -2.20. The minimum absolute atomic E-state index is 0.270. The number of para-hydroxylation sites is 1. The van der Waals surface area contributed by atoms with Gasteiger partial charge in [-0.25, -0.2) is 4.79 Å². The van der Waals surface area contributed by atoms with Gasteiger partial charge < -0.3 is 24.3 Å². The summed E-state index contributed by atoms with van der Waals surface area (Å²) in [4.78, 5) is 27.6. The predicted octanol–water partition coefficient (Wildman–Crippen LogP) is 6.44. The van der Waals surface area contributed by atoms with Crippen LogP contribution in [0.3, 0.4) is 0 Å². The molecule has 0 radical (unpaired) electrons. The number of nitrogens with zero attached hydrogens (tertiary/aromatic N) is 2. The molecule has 0 aliphatic rings. The fraction of sp³-hybridized carbons (Fsp3) is 0.214. The van der Waals surface area contributed by atoms with E-state index >= 15 is 0 Å². The number of fused-ring (bicyclic) bond motifs is 1. The zero-order chi connectivity index (χ0) is 25.7. The second-order valence-corrected chi connectivity index (χ2v) is 8.57. The van der Waals surface area contributed by atoms with Gasteiger partial charge in [-0.05, 0) is 61.9 Å². The topological polar surface area (TPSA) is 72.8 Å². The number of anilines is 1. The van der Waals surface area contributed by atoms with Gasteiger partial charge in [0.1, 0.15) is 5.75 Å². The Morgan fingerprint density at radius 1 is 0.944 bits per heavy atom. The molecule has 0 saturated heterocycles. The number of carbonyl (C=O) groups is 2. The van der Waals surface area contributed by atoms with Crippen molar-refractivity contribution in [3.63, 3.8) is 0 Å². The van der Waals surface area contributed by atoms with Crippen LogP contribution < -0.4 is 14.8 Å². The van der Waals surface area contributed by atoms with Crippen molar-refractivity contribution in [3.8, 4) is 11.5 Å². The standard InChI is InChI=1S/C28H28ClN3O4/c1-4-31(5-2)28(34)36-25-15-14-23-21(16-17-32(23)18-19-10-12-20(29)13-11-19)26(25)30-27(33)22-8-6-7-9-24(22)35-3/h6-17H,4-5,18H2,1-3H3,(H,30,33). The Hall–Kier alpha value is -3.97. The molecule has 1 N–H and O–H groups in total. The quantitative estimate of drug-likeness (QED) is 0.299. The number of halogens is 1. The minimum atomic E-state index is -0.479. The summed E-state index contributed by atoms with van der Waals surface area (Å²) in [6, 6.07) is 20.1. The molecule has 0 fully saturated rings. The highest BCUT2D eigenvalue weighted by Gasteiger charge is 2.21. The first kappa shape index (κ1) is 25.1. The summed E-state index contributed by atoms with van der Waals surface area (Å²) in [6.07, 6.45) is 1.46. The lowest BCUT2D eigenvalue weighted by atomic mass is 10.1. The lowest BCUT2D eigenvalue weighted by molar-refractivity contribution is 0.102. The molecular weight excluding hydrogens is 478 g/mol. The maximum Gasteiger partial charge on any atom is 0.415 e. The van der Waals surface area contributed by atoms with Crippen molar-refractivity contribution in [1.29, 1.82) is 0 Å². The van der Waals surface area contributed by atoms with Crippen LogP contribution in [-0.4, -0.2) is 41.7 Å². The van der Waals surface area contributed by atoms with Crippen LogP contribution in [0.25, 0.3) is 10.9 Å². The SMILES string of the molecule is CCN(CC)C(=O)Oc1ccc2c(ccn2Cc2ccc(Cl)cc2)c1NC(=O)c1ccccc1OC. The Bertz CT molecular complexity index is 1380. The predicted molar refractivity (Wildman–Crippen MR) is 142 cm³/mol. The number of rotatable bonds is 8. The summed E-state index contributed by atoms with van der Waals surface area (Å²) >= 11 is 6.03. The van der Waals surface area contributed by atoms with Crippen molar-refractivity contribution in [2.75, 3.05) is 25.5 Å². The Morgan fingerprint density at radius 2 is 1.67 bits per heavy atom.